The van der Waals surface area contributed by atoms with Crippen LogP contribution in [0.25, 0.3) is 0 Å². The highest BCUT2D eigenvalue weighted by atomic mass is 16.5. The van der Waals surface area contributed by atoms with E-state index in [1.54, 1.807) is 43.3 Å². The second-order valence-corrected chi connectivity index (χ2v) is 8.93. The first kappa shape index (κ1) is 33.1. The molecule has 0 fully saturated rings. The average molecular weight is 573 g/mol. The molecule has 0 unspecified atom stereocenters. The fourth-order valence-electron chi connectivity index (χ4n) is 3.19. The van der Waals surface area contributed by atoms with Crippen LogP contribution in [0.5, 0.6) is 23.0 Å². The highest BCUT2D eigenvalue weighted by Gasteiger charge is 2.15. The van der Waals surface area contributed by atoms with Crippen LogP contribution < -0.4 is 18.9 Å². The van der Waals surface area contributed by atoms with Crippen LogP contribution in [0, 0.1) is 6.92 Å². The van der Waals surface area contributed by atoms with Gasteiger partial charge in [0, 0.05) is 5.57 Å². The molecule has 0 spiro atoms. The Labute approximate surface area is 246 Å². The molecule has 0 amide bonds. The molecule has 0 aliphatic rings. The summed E-state index contributed by atoms with van der Waals surface area (Å²) in [5.74, 6) is 0.0487. The molecule has 0 saturated heterocycles. The van der Waals surface area contributed by atoms with Crippen LogP contribution in [0.15, 0.2) is 104 Å². The summed E-state index contributed by atoms with van der Waals surface area (Å²) in [6.45, 7) is 14.5. The Bertz CT molecular complexity index is 1370. The van der Waals surface area contributed by atoms with E-state index in [1.807, 2.05) is 19.1 Å². The summed E-state index contributed by atoms with van der Waals surface area (Å²) >= 11 is 0. The normalized spacial score (nSPS) is 9.79. The van der Waals surface area contributed by atoms with E-state index < -0.39 is 17.9 Å². The third-order valence-corrected chi connectivity index (χ3v) is 5.48. The average Bonchev–Trinajstić information content (AvgIpc) is 3.00. The second-order valence-electron chi connectivity index (χ2n) is 8.93. The van der Waals surface area contributed by atoms with Gasteiger partial charge in [-0.25, -0.2) is 14.4 Å². The Morgan fingerprint density at radius 2 is 1.26 bits per heavy atom. The van der Waals surface area contributed by atoms with Gasteiger partial charge in [-0.3, -0.25) is 0 Å². The van der Waals surface area contributed by atoms with E-state index in [0.717, 1.165) is 5.56 Å². The Morgan fingerprint density at radius 3 is 1.81 bits per heavy atom. The third-order valence-electron chi connectivity index (χ3n) is 5.48. The maximum absolute atomic E-state index is 12.7. The molecule has 3 aromatic carbocycles. The van der Waals surface area contributed by atoms with Crippen molar-refractivity contribution >= 4 is 17.9 Å². The molecular weight excluding hydrogens is 536 g/mol. The molecule has 0 atom stereocenters. The molecule has 0 heterocycles. The highest BCUT2D eigenvalue weighted by Crippen LogP contribution is 2.29. The maximum Gasteiger partial charge on any atom is 0.343 e. The molecule has 3 rings (SSSR count). The van der Waals surface area contributed by atoms with Crippen LogP contribution >= 0.6 is 0 Å². The van der Waals surface area contributed by atoms with Crippen molar-refractivity contribution in [3.8, 4) is 23.0 Å². The Balaban J connectivity index is 0.00000144. The number of benzene rings is 3. The van der Waals surface area contributed by atoms with Gasteiger partial charge in [-0.15, -0.1) is 0 Å². The van der Waals surface area contributed by atoms with E-state index in [2.05, 4.69) is 19.7 Å². The van der Waals surface area contributed by atoms with Gasteiger partial charge in [-0.05, 0) is 81.3 Å². The highest BCUT2D eigenvalue weighted by molar-refractivity contribution is 5.93. The van der Waals surface area contributed by atoms with Crippen molar-refractivity contribution in [1.82, 2.24) is 0 Å². The lowest BCUT2D eigenvalue weighted by Crippen LogP contribution is -2.11. The number of unbranched alkanes of at least 4 members (excludes halogenated alkanes) is 1. The zero-order valence-electron chi connectivity index (χ0n) is 24.2. The van der Waals surface area contributed by atoms with Crippen molar-refractivity contribution in [3.63, 3.8) is 0 Å². The number of carbonyl (C=O) groups is 3. The molecule has 0 saturated carbocycles. The molecule has 0 bridgehead atoms. The van der Waals surface area contributed by atoms with Crippen molar-refractivity contribution < 1.29 is 38.1 Å². The summed E-state index contributed by atoms with van der Waals surface area (Å²) in [6.07, 6.45) is 4.57. The van der Waals surface area contributed by atoms with Crippen molar-refractivity contribution in [3.05, 3.63) is 121 Å². The topological polar surface area (TPSA) is 97.4 Å². The van der Waals surface area contributed by atoms with Crippen molar-refractivity contribution in [2.75, 3.05) is 20.3 Å². The number of carbonyl (C=O) groups excluding carboxylic acids is 3. The van der Waals surface area contributed by atoms with Crippen LogP contribution in [0.4, 0.5) is 0 Å². The monoisotopic (exact) mass is 572 g/mol. The van der Waals surface area contributed by atoms with Gasteiger partial charge in [-0.1, -0.05) is 49.6 Å². The summed E-state index contributed by atoms with van der Waals surface area (Å²) in [5.41, 5.74) is 2.01. The molecule has 0 aromatic heterocycles. The Kier molecular flexibility index (Phi) is 13.8. The van der Waals surface area contributed by atoms with Crippen LogP contribution in [0.2, 0.25) is 0 Å². The number of allylic oxidation sites excluding steroid dienone is 2. The summed E-state index contributed by atoms with van der Waals surface area (Å²) in [6, 6.07) is 18.0. The fraction of sp³-hybridized carbons (Fsp3) is 0.206. The summed E-state index contributed by atoms with van der Waals surface area (Å²) in [7, 11) is 1.47. The van der Waals surface area contributed by atoms with E-state index in [0.29, 0.717) is 47.8 Å². The molecule has 8 heteroatoms. The molecule has 0 N–H and O–H groups in total. The number of methoxy groups -OCH3 is 1. The lowest BCUT2D eigenvalue weighted by atomic mass is 10.2. The standard InChI is InChI=1S/C30H30O8.C4H6/c1-20(2)28(31)36-18-6-5-17-35-26-16-11-23(19-27(26)34-4)30(33)38-25-14-9-22(10-15-25)29(32)37-24-12-7-21(3)8-13-24;1-3-4-2/h7-16,19H,1,5-6,17-18H2,2-4H3;3-4H,1-2H2. The SMILES string of the molecule is C=C(C)C(=O)OCCCCOc1ccc(C(=O)Oc2ccc(C(=O)Oc3ccc(C)cc3)cc2)cc1OC.C=CC=C. The number of rotatable bonds is 13. The van der Waals surface area contributed by atoms with E-state index >= 15 is 0 Å². The van der Waals surface area contributed by atoms with Crippen LogP contribution in [0.1, 0.15) is 46.0 Å². The van der Waals surface area contributed by atoms with Crippen LogP contribution in [-0.4, -0.2) is 38.2 Å². The van der Waals surface area contributed by atoms with Crippen LogP contribution in [0.3, 0.4) is 0 Å². The zero-order chi connectivity index (χ0) is 30.9. The number of esters is 3. The molecule has 220 valence electrons. The van der Waals surface area contributed by atoms with E-state index in [9.17, 15) is 14.4 Å². The lowest BCUT2D eigenvalue weighted by molar-refractivity contribution is -0.139. The maximum atomic E-state index is 12.7. The van der Waals surface area contributed by atoms with Gasteiger partial charge in [-0.2, -0.15) is 0 Å². The molecule has 0 aliphatic heterocycles. The zero-order valence-corrected chi connectivity index (χ0v) is 24.2. The minimum absolute atomic E-state index is 0.267. The molecular formula is C34H36O8. The van der Waals surface area contributed by atoms with E-state index in [-0.39, 0.29) is 17.9 Å². The summed E-state index contributed by atoms with van der Waals surface area (Å²) in [4.78, 5) is 36.4. The van der Waals surface area contributed by atoms with Gasteiger partial charge < -0.3 is 23.7 Å². The molecule has 8 nitrogen and oxygen atoms in total. The van der Waals surface area contributed by atoms with Gasteiger partial charge in [0.25, 0.3) is 0 Å². The van der Waals surface area contributed by atoms with Crippen molar-refractivity contribution in [2.24, 2.45) is 0 Å². The van der Waals surface area contributed by atoms with Gasteiger partial charge in [0.2, 0.25) is 0 Å². The minimum Gasteiger partial charge on any atom is -0.493 e. The summed E-state index contributed by atoms with van der Waals surface area (Å²) in [5, 5.41) is 0. The van der Waals surface area contributed by atoms with Crippen LogP contribution in [-0.2, 0) is 9.53 Å². The fourth-order valence-corrected chi connectivity index (χ4v) is 3.19. The largest absolute Gasteiger partial charge is 0.493 e. The number of ether oxygens (including phenoxy) is 5. The first-order chi connectivity index (χ1) is 20.2. The molecule has 3 aromatic rings. The predicted octanol–water partition coefficient (Wildman–Crippen LogP) is 7.08. The van der Waals surface area contributed by atoms with E-state index in [4.69, 9.17) is 23.7 Å². The van der Waals surface area contributed by atoms with Crippen molar-refractivity contribution in [1.29, 1.82) is 0 Å². The molecule has 0 radical (unpaired) electrons. The molecule has 42 heavy (non-hydrogen) atoms. The van der Waals surface area contributed by atoms with E-state index in [1.165, 1.54) is 37.4 Å². The van der Waals surface area contributed by atoms with Crippen molar-refractivity contribution in [2.45, 2.75) is 26.7 Å². The number of hydrogen-bond acceptors (Lipinski definition) is 8. The Hall–Kier alpha value is -5.11. The van der Waals surface area contributed by atoms with Gasteiger partial charge in [0.05, 0.1) is 31.5 Å². The number of hydrogen-bond donors (Lipinski definition) is 0. The second kappa shape index (κ2) is 17.6. The number of aryl methyl sites for hydroxylation is 1. The predicted molar refractivity (Wildman–Crippen MR) is 161 cm³/mol. The lowest BCUT2D eigenvalue weighted by Gasteiger charge is -2.12. The quantitative estimate of drug-likeness (QED) is 0.0705. The molecule has 0 aliphatic carbocycles. The van der Waals surface area contributed by atoms with Gasteiger partial charge in [0.15, 0.2) is 11.5 Å². The Morgan fingerprint density at radius 1 is 0.738 bits per heavy atom. The first-order valence-corrected chi connectivity index (χ1v) is 13.2. The van der Waals surface area contributed by atoms with Gasteiger partial charge >= 0.3 is 17.9 Å². The summed E-state index contributed by atoms with van der Waals surface area (Å²) < 4.78 is 26.9. The minimum atomic E-state index is -0.593. The third kappa shape index (κ3) is 11.2. The smallest absolute Gasteiger partial charge is 0.343 e. The first-order valence-electron chi connectivity index (χ1n) is 13.2. The van der Waals surface area contributed by atoms with Gasteiger partial charge in [0.1, 0.15) is 11.5 Å².